The van der Waals surface area contributed by atoms with E-state index in [-0.39, 0.29) is 18.5 Å². The molecule has 1 aliphatic heterocycles. The smallest absolute Gasteiger partial charge is 0.321 e. The average molecular weight is 354 g/mol. The number of carbonyl (C=O) groups is 2. The van der Waals surface area contributed by atoms with Gasteiger partial charge in [0.1, 0.15) is 0 Å². The maximum atomic E-state index is 12.2. The first-order valence-electron chi connectivity index (χ1n) is 8.07. The van der Waals surface area contributed by atoms with Crippen molar-refractivity contribution in [1.29, 1.82) is 0 Å². The predicted octanol–water partition coefficient (Wildman–Crippen LogP) is 3.51. The van der Waals surface area contributed by atoms with Crippen molar-refractivity contribution in [3.05, 3.63) is 28.8 Å². The quantitative estimate of drug-likeness (QED) is 0.881. The molecule has 0 atom stereocenters. The highest BCUT2D eigenvalue weighted by molar-refractivity contribution is 6.31. The highest BCUT2D eigenvalue weighted by Gasteiger charge is 2.40. The molecule has 0 unspecified atom stereocenters. The van der Waals surface area contributed by atoms with Gasteiger partial charge >= 0.3 is 6.03 Å². The summed E-state index contributed by atoms with van der Waals surface area (Å²) >= 11 is 6.30. The zero-order valence-electron chi connectivity index (χ0n) is 14.6. The second kappa shape index (κ2) is 7.40. The molecule has 1 aromatic carbocycles. The predicted molar refractivity (Wildman–Crippen MR) is 93.7 cm³/mol. The fraction of sp³-hybridized carbons (Fsp3) is 0.529. The molecule has 0 bridgehead atoms. The van der Waals surface area contributed by atoms with Crippen molar-refractivity contribution in [3.63, 3.8) is 0 Å². The van der Waals surface area contributed by atoms with E-state index in [2.05, 4.69) is 5.32 Å². The summed E-state index contributed by atoms with van der Waals surface area (Å²) in [6.07, 6.45) is 0. The first-order chi connectivity index (χ1) is 11.3. The molecule has 0 saturated carbocycles. The summed E-state index contributed by atoms with van der Waals surface area (Å²) in [5, 5.41) is 4.64. The molecule has 1 N–H and O–H groups in total. The molecule has 0 spiro atoms. The normalized spacial score (nSPS) is 16.4. The third-order valence-electron chi connectivity index (χ3n) is 4.06. The van der Waals surface area contributed by atoms with E-state index < -0.39 is 5.41 Å². The topological polar surface area (TPSA) is 61.9 Å². The first kappa shape index (κ1) is 18.5. The monoisotopic (exact) mass is 353 g/mol. The number of nitrogens with zero attached hydrogens (tertiary/aromatic N) is 2. The van der Waals surface area contributed by atoms with E-state index in [1.54, 1.807) is 23.1 Å². The van der Waals surface area contributed by atoms with E-state index >= 15 is 0 Å². The van der Waals surface area contributed by atoms with Crippen molar-refractivity contribution < 1.29 is 14.4 Å². The van der Waals surface area contributed by atoms with Crippen LogP contribution in [0.25, 0.3) is 0 Å². The van der Waals surface area contributed by atoms with Crippen LogP contribution in [0.5, 0.6) is 0 Å². The van der Waals surface area contributed by atoms with Crippen LogP contribution in [0.15, 0.2) is 18.2 Å². The number of hydroxylamine groups is 2. The Labute approximate surface area is 147 Å². The van der Waals surface area contributed by atoms with Crippen LogP contribution in [-0.2, 0) is 16.2 Å². The Balaban J connectivity index is 2.05. The van der Waals surface area contributed by atoms with Crippen LogP contribution in [0.1, 0.15) is 33.3 Å². The van der Waals surface area contributed by atoms with E-state index in [0.717, 1.165) is 5.56 Å². The Morgan fingerprint density at radius 2 is 2.04 bits per heavy atom. The van der Waals surface area contributed by atoms with E-state index in [0.29, 0.717) is 30.4 Å². The van der Waals surface area contributed by atoms with Crippen LogP contribution in [0.2, 0.25) is 5.02 Å². The minimum Gasteiger partial charge on any atom is -0.325 e. The van der Waals surface area contributed by atoms with Gasteiger partial charge in [-0.15, -0.1) is 0 Å². The molecule has 1 fully saturated rings. The SMILES string of the molecule is CCN(CC)C(=O)Nc1ccc(CN2OCC(C)(C)C2=O)c(Cl)c1. The Morgan fingerprint density at radius 1 is 1.38 bits per heavy atom. The van der Waals surface area contributed by atoms with Gasteiger partial charge in [0.05, 0.1) is 18.6 Å². The van der Waals surface area contributed by atoms with Gasteiger partial charge in [0.15, 0.2) is 0 Å². The largest absolute Gasteiger partial charge is 0.325 e. The lowest BCUT2D eigenvalue weighted by atomic mass is 9.95. The van der Waals surface area contributed by atoms with E-state index in [1.165, 1.54) is 5.06 Å². The molecule has 1 saturated heterocycles. The van der Waals surface area contributed by atoms with Gasteiger partial charge in [-0.25, -0.2) is 9.86 Å². The fourth-order valence-electron chi connectivity index (χ4n) is 2.44. The summed E-state index contributed by atoms with van der Waals surface area (Å²) < 4.78 is 0. The molecule has 1 heterocycles. The number of carbonyl (C=O) groups excluding carboxylic acids is 2. The minimum atomic E-state index is -0.510. The van der Waals surface area contributed by atoms with Gasteiger partial charge in [-0.3, -0.25) is 9.63 Å². The number of benzene rings is 1. The molecular weight excluding hydrogens is 330 g/mol. The Morgan fingerprint density at radius 3 is 2.54 bits per heavy atom. The van der Waals surface area contributed by atoms with Crippen LogP contribution < -0.4 is 5.32 Å². The third kappa shape index (κ3) is 3.99. The van der Waals surface area contributed by atoms with Crippen LogP contribution in [-0.4, -0.2) is 41.6 Å². The van der Waals surface area contributed by atoms with Crippen molar-refractivity contribution in [2.24, 2.45) is 5.41 Å². The zero-order valence-corrected chi connectivity index (χ0v) is 15.3. The van der Waals surface area contributed by atoms with Crippen LogP contribution in [0.3, 0.4) is 0 Å². The van der Waals surface area contributed by atoms with Crippen LogP contribution in [0, 0.1) is 5.41 Å². The maximum Gasteiger partial charge on any atom is 0.321 e. The van der Waals surface area contributed by atoms with Gasteiger partial charge in [0.2, 0.25) is 0 Å². The molecular formula is C17H24ClN3O3. The molecule has 0 radical (unpaired) electrons. The van der Waals surface area contributed by atoms with Crippen molar-refractivity contribution in [1.82, 2.24) is 9.96 Å². The van der Waals surface area contributed by atoms with Gasteiger partial charge in [-0.05, 0) is 45.4 Å². The van der Waals surface area contributed by atoms with E-state index in [4.69, 9.17) is 16.4 Å². The summed E-state index contributed by atoms with van der Waals surface area (Å²) in [5.41, 5.74) is 0.877. The molecule has 1 aliphatic rings. The Hall–Kier alpha value is -1.79. The van der Waals surface area contributed by atoms with Crippen molar-refractivity contribution in [2.75, 3.05) is 25.0 Å². The zero-order chi connectivity index (χ0) is 17.9. The third-order valence-corrected chi connectivity index (χ3v) is 4.41. The summed E-state index contributed by atoms with van der Waals surface area (Å²) in [5.74, 6) is -0.0579. The van der Waals surface area contributed by atoms with Gasteiger partial charge in [0.25, 0.3) is 5.91 Å². The molecule has 0 aromatic heterocycles. The average Bonchev–Trinajstić information content (AvgIpc) is 2.78. The van der Waals surface area contributed by atoms with E-state index in [1.807, 2.05) is 27.7 Å². The lowest BCUT2D eigenvalue weighted by Crippen LogP contribution is -2.34. The fourth-order valence-corrected chi connectivity index (χ4v) is 2.68. The number of amides is 3. The number of hydrogen-bond acceptors (Lipinski definition) is 3. The standard InChI is InChI=1S/C17H24ClN3O3/c1-5-20(6-2)16(23)19-13-8-7-12(14(18)9-13)10-21-15(22)17(3,4)11-24-21/h7-9H,5-6,10-11H2,1-4H3,(H,19,23). The molecule has 0 aliphatic carbocycles. The lowest BCUT2D eigenvalue weighted by Gasteiger charge is -2.20. The molecule has 132 valence electrons. The molecule has 7 heteroatoms. The molecule has 6 nitrogen and oxygen atoms in total. The van der Waals surface area contributed by atoms with Crippen molar-refractivity contribution in [3.8, 4) is 0 Å². The summed E-state index contributed by atoms with van der Waals surface area (Å²) in [4.78, 5) is 31.4. The first-order valence-corrected chi connectivity index (χ1v) is 8.45. The van der Waals surface area contributed by atoms with Gasteiger partial charge in [0, 0.05) is 23.8 Å². The number of nitrogens with one attached hydrogen (secondary N) is 1. The second-order valence-corrected chi connectivity index (χ2v) is 6.81. The maximum absolute atomic E-state index is 12.2. The van der Waals surface area contributed by atoms with Crippen LogP contribution in [0.4, 0.5) is 10.5 Å². The number of urea groups is 1. The Bertz CT molecular complexity index is 630. The molecule has 3 amide bonds. The van der Waals surface area contributed by atoms with Crippen molar-refractivity contribution in [2.45, 2.75) is 34.2 Å². The van der Waals surface area contributed by atoms with Crippen LogP contribution >= 0.6 is 11.6 Å². The molecule has 2 rings (SSSR count). The van der Waals surface area contributed by atoms with Gasteiger partial charge in [-0.2, -0.15) is 0 Å². The lowest BCUT2D eigenvalue weighted by molar-refractivity contribution is -0.165. The molecule has 1 aromatic rings. The van der Waals surface area contributed by atoms with E-state index in [9.17, 15) is 9.59 Å². The summed E-state index contributed by atoms with van der Waals surface area (Å²) in [6, 6.07) is 5.09. The van der Waals surface area contributed by atoms with Gasteiger partial charge < -0.3 is 10.2 Å². The van der Waals surface area contributed by atoms with Crippen molar-refractivity contribution >= 4 is 29.2 Å². The van der Waals surface area contributed by atoms with Gasteiger partial charge in [-0.1, -0.05) is 17.7 Å². The number of halogens is 1. The highest BCUT2D eigenvalue weighted by atomic mass is 35.5. The number of anilines is 1. The number of rotatable bonds is 5. The summed E-state index contributed by atoms with van der Waals surface area (Å²) in [6.45, 7) is 9.47. The molecule has 24 heavy (non-hydrogen) atoms. The minimum absolute atomic E-state index is 0.0579. The second-order valence-electron chi connectivity index (χ2n) is 6.41. The highest BCUT2D eigenvalue weighted by Crippen LogP contribution is 2.30. The Kier molecular flexibility index (Phi) is 5.72. The number of hydrogen-bond donors (Lipinski definition) is 1. The summed E-state index contributed by atoms with van der Waals surface area (Å²) in [7, 11) is 0.